The van der Waals surface area contributed by atoms with Crippen LogP contribution in [-0.4, -0.2) is 45.7 Å². The molecule has 1 aromatic heterocycles. The largest absolute Gasteiger partial charge is 0.481 e. The lowest BCUT2D eigenvalue weighted by Gasteiger charge is -2.42. The lowest BCUT2D eigenvalue weighted by atomic mass is 9.92. The molecule has 0 radical (unpaired) electrons. The van der Waals surface area contributed by atoms with Crippen LogP contribution in [0.1, 0.15) is 44.8 Å². The molecule has 188 valence electrons. The lowest BCUT2D eigenvalue weighted by Crippen LogP contribution is -2.50. The van der Waals surface area contributed by atoms with Crippen molar-refractivity contribution >= 4 is 23.4 Å². The van der Waals surface area contributed by atoms with E-state index in [4.69, 9.17) is 19.3 Å². The van der Waals surface area contributed by atoms with E-state index in [0.29, 0.717) is 19.4 Å². The predicted octanol–water partition coefficient (Wildman–Crippen LogP) is 5.41. The van der Waals surface area contributed by atoms with Gasteiger partial charge < -0.3 is 19.3 Å². The Morgan fingerprint density at radius 1 is 1.37 bits per heavy atom. The van der Waals surface area contributed by atoms with Crippen LogP contribution in [0.25, 0.3) is 0 Å². The minimum absolute atomic E-state index is 0.0254. The molecule has 1 aromatic carbocycles. The first-order valence-corrected chi connectivity index (χ1v) is 12.5. The summed E-state index contributed by atoms with van der Waals surface area (Å²) >= 11 is 1.41. The van der Waals surface area contributed by atoms with Gasteiger partial charge in [0.25, 0.3) is 0 Å². The number of thioether (sulfide) groups is 1. The Morgan fingerprint density at radius 2 is 2.17 bits per heavy atom. The highest BCUT2D eigenvalue weighted by atomic mass is 32.2. The highest BCUT2D eigenvalue weighted by Crippen LogP contribution is 2.40. The Bertz CT molecular complexity index is 1050. The van der Waals surface area contributed by atoms with Crippen molar-refractivity contribution in [2.45, 2.75) is 56.0 Å². The molecule has 3 rings (SSSR count). The van der Waals surface area contributed by atoms with Gasteiger partial charge in [0, 0.05) is 35.7 Å². The molecule has 3 unspecified atom stereocenters. The predicted molar refractivity (Wildman–Crippen MR) is 132 cm³/mol. The molecule has 1 saturated heterocycles. The first kappa shape index (κ1) is 26.7. The fourth-order valence-corrected chi connectivity index (χ4v) is 4.25. The molecule has 1 fully saturated rings. The van der Waals surface area contributed by atoms with Crippen molar-refractivity contribution in [2.75, 3.05) is 12.9 Å². The van der Waals surface area contributed by atoms with Crippen molar-refractivity contribution in [2.24, 2.45) is 5.92 Å². The van der Waals surface area contributed by atoms with E-state index in [2.05, 4.69) is 4.98 Å². The molecule has 2 heterocycles. The van der Waals surface area contributed by atoms with Gasteiger partial charge in [0.2, 0.25) is 0 Å². The molecule has 0 aliphatic carbocycles. The molecule has 10 heteroatoms. The number of rotatable bonds is 11. The normalized spacial score (nSPS) is 20.6. The number of aromatic nitrogens is 1. The number of nitrogens with zero attached hydrogens (tertiary/aromatic N) is 2. The molecular weight excluding hydrogens is 472 g/mol. The van der Waals surface area contributed by atoms with Crippen molar-refractivity contribution in [3.63, 3.8) is 0 Å². The Kier molecular flexibility index (Phi) is 9.25. The van der Waals surface area contributed by atoms with Gasteiger partial charge in [-0.25, -0.2) is 0 Å². The zero-order valence-electron chi connectivity index (χ0n) is 20.0. The molecule has 0 spiro atoms. The van der Waals surface area contributed by atoms with Crippen LogP contribution in [-0.2, 0) is 14.3 Å². The van der Waals surface area contributed by atoms with E-state index in [1.807, 2.05) is 30.5 Å². The summed E-state index contributed by atoms with van der Waals surface area (Å²) in [6, 6.07) is 8.63. The third-order valence-electron chi connectivity index (χ3n) is 5.61. The monoisotopic (exact) mass is 502 g/mol. The molecule has 0 saturated carbocycles. The number of ether oxygens (including phenoxy) is 3. The number of nitro benzene ring substituents is 1. The molecule has 1 aliphatic rings. The van der Waals surface area contributed by atoms with E-state index >= 15 is 0 Å². The number of aliphatic carboxylic acids is 1. The zero-order valence-corrected chi connectivity index (χ0v) is 20.8. The van der Waals surface area contributed by atoms with Crippen LogP contribution in [0.2, 0.25) is 0 Å². The number of pyridine rings is 1. The van der Waals surface area contributed by atoms with Crippen molar-refractivity contribution in [1.29, 1.82) is 0 Å². The highest BCUT2D eigenvalue weighted by molar-refractivity contribution is 7.98. The van der Waals surface area contributed by atoms with Gasteiger partial charge in [-0.3, -0.25) is 19.9 Å². The van der Waals surface area contributed by atoms with E-state index in [1.165, 1.54) is 17.8 Å². The number of nitro groups is 1. The first-order valence-electron chi connectivity index (χ1n) is 11.3. The number of carboxylic acid groups (broad SMARTS) is 1. The second-order valence-electron chi connectivity index (χ2n) is 8.70. The van der Waals surface area contributed by atoms with Crippen LogP contribution in [0.3, 0.4) is 0 Å². The van der Waals surface area contributed by atoms with Crippen molar-refractivity contribution in [3.8, 4) is 5.75 Å². The molecule has 0 amide bonds. The van der Waals surface area contributed by atoms with Crippen molar-refractivity contribution in [1.82, 2.24) is 4.98 Å². The van der Waals surface area contributed by atoms with Gasteiger partial charge in [-0.1, -0.05) is 18.2 Å². The summed E-state index contributed by atoms with van der Waals surface area (Å²) in [4.78, 5) is 26.9. The molecular formula is C25H30N2O7S. The van der Waals surface area contributed by atoms with E-state index < -0.39 is 22.8 Å². The zero-order chi connectivity index (χ0) is 25.4. The third kappa shape index (κ3) is 7.27. The minimum Gasteiger partial charge on any atom is -0.481 e. The van der Waals surface area contributed by atoms with E-state index in [-0.39, 0.29) is 29.9 Å². The van der Waals surface area contributed by atoms with E-state index in [9.17, 15) is 14.9 Å². The summed E-state index contributed by atoms with van der Waals surface area (Å²) in [5, 5.41) is 20.4. The summed E-state index contributed by atoms with van der Waals surface area (Å²) < 4.78 is 18.5. The Balaban J connectivity index is 1.77. The number of carboxylic acids is 1. The van der Waals surface area contributed by atoms with Crippen LogP contribution in [0.4, 0.5) is 5.69 Å². The van der Waals surface area contributed by atoms with E-state index in [1.54, 1.807) is 38.4 Å². The minimum atomic E-state index is -1.03. The van der Waals surface area contributed by atoms with Crippen LogP contribution < -0.4 is 4.74 Å². The number of allylic oxidation sites excluding steroid dienone is 2. The number of hydrogen-bond donors (Lipinski definition) is 1. The van der Waals surface area contributed by atoms with Crippen molar-refractivity contribution in [3.05, 3.63) is 70.6 Å². The lowest BCUT2D eigenvalue weighted by molar-refractivity contribution is -0.387. The maximum absolute atomic E-state index is 11.6. The van der Waals surface area contributed by atoms with Gasteiger partial charge in [0.1, 0.15) is 0 Å². The Morgan fingerprint density at radius 3 is 2.83 bits per heavy atom. The molecule has 3 atom stereocenters. The van der Waals surface area contributed by atoms with Crippen LogP contribution >= 0.6 is 11.8 Å². The average Bonchev–Trinajstić information content (AvgIpc) is 2.84. The van der Waals surface area contributed by atoms with Crippen LogP contribution in [0.5, 0.6) is 5.75 Å². The van der Waals surface area contributed by atoms with E-state index in [0.717, 1.165) is 10.5 Å². The van der Waals surface area contributed by atoms with Crippen molar-refractivity contribution < 1.29 is 29.0 Å². The number of carbonyl (C=O) groups is 1. The van der Waals surface area contributed by atoms with Gasteiger partial charge in [-0.2, -0.15) is 0 Å². The second-order valence-corrected chi connectivity index (χ2v) is 9.58. The summed E-state index contributed by atoms with van der Waals surface area (Å²) in [5.41, 5.74) is -0.265. The van der Waals surface area contributed by atoms with Gasteiger partial charge in [0.15, 0.2) is 17.6 Å². The fourth-order valence-electron chi connectivity index (χ4n) is 3.81. The van der Waals surface area contributed by atoms with Gasteiger partial charge >= 0.3 is 11.7 Å². The Hall–Kier alpha value is -2.95. The maximum atomic E-state index is 11.6. The molecule has 0 bridgehead atoms. The molecule has 9 nitrogen and oxygen atoms in total. The fraction of sp³-hybridized carbons (Fsp3) is 0.440. The maximum Gasteiger partial charge on any atom is 0.312 e. The SMILES string of the molecule is CSc1ccc(OC(C)(C)C2OCC(C/C=C\CCC(=O)O)C(c3cccnc3)O2)c([N+](=O)[O-])c1. The molecule has 35 heavy (non-hydrogen) atoms. The topological polar surface area (TPSA) is 121 Å². The molecule has 2 aromatic rings. The number of hydrogen-bond acceptors (Lipinski definition) is 8. The van der Waals surface area contributed by atoms with Crippen LogP contribution in [0, 0.1) is 16.0 Å². The number of benzene rings is 1. The standard InChI is InChI=1S/C25H30N2O7S/c1-25(2,34-21-12-11-19(35-3)14-20(21)27(30)31)24-32-16-18(8-5-4-6-10-22(28)29)23(33-24)17-9-7-13-26-15-17/h4-5,7,9,11-15,18,23-24H,6,8,10,16H2,1-3H3,(H,28,29)/b5-4-. The first-order chi connectivity index (χ1) is 16.7. The highest BCUT2D eigenvalue weighted by Gasteiger charge is 2.43. The molecule has 1 aliphatic heterocycles. The van der Waals surface area contributed by atoms with Gasteiger partial charge in [0.05, 0.1) is 17.6 Å². The van der Waals surface area contributed by atoms with Crippen LogP contribution in [0.15, 0.2) is 59.8 Å². The Labute approximate surface area is 208 Å². The quantitative estimate of drug-likeness (QED) is 0.186. The van der Waals surface area contributed by atoms with Gasteiger partial charge in [-0.05, 0) is 56.7 Å². The van der Waals surface area contributed by atoms with Gasteiger partial charge in [-0.15, -0.1) is 11.8 Å². The summed E-state index contributed by atoms with van der Waals surface area (Å²) in [6.07, 6.45) is 9.12. The summed E-state index contributed by atoms with van der Waals surface area (Å²) in [6.45, 7) is 3.92. The summed E-state index contributed by atoms with van der Waals surface area (Å²) in [5.74, 6) is -0.713. The summed E-state index contributed by atoms with van der Waals surface area (Å²) in [7, 11) is 0. The molecule has 1 N–H and O–H groups in total. The third-order valence-corrected chi connectivity index (χ3v) is 6.33. The average molecular weight is 503 g/mol. The second kappa shape index (κ2) is 12.1. The smallest absolute Gasteiger partial charge is 0.312 e.